The van der Waals surface area contributed by atoms with Crippen LogP contribution in [0.5, 0.6) is 0 Å². The molecule has 0 saturated carbocycles. The molecule has 5 rings (SSSR count). The van der Waals surface area contributed by atoms with Gasteiger partial charge in [-0.15, -0.1) is 0 Å². The molecule has 2 aliphatic carbocycles. The summed E-state index contributed by atoms with van der Waals surface area (Å²) in [7, 11) is 1.61. The number of methoxy groups -OCH3 is 1. The molecule has 2 unspecified atom stereocenters. The van der Waals surface area contributed by atoms with Crippen LogP contribution in [-0.4, -0.2) is 59.5 Å². The molecule has 130 valence electrons. The van der Waals surface area contributed by atoms with E-state index in [9.17, 15) is 10.2 Å². The van der Waals surface area contributed by atoms with Crippen molar-refractivity contribution in [3.05, 3.63) is 35.3 Å². The summed E-state index contributed by atoms with van der Waals surface area (Å²) >= 11 is 0. The first kappa shape index (κ1) is 15.0. The quantitative estimate of drug-likeness (QED) is 0.694. The number of aliphatic hydroxyl groups excluding tert-OH is 1. The number of allylic oxidation sites excluding steroid dienone is 1. The third kappa shape index (κ3) is 1.74. The maximum atomic E-state index is 11.0. The van der Waals surface area contributed by atoms with Crippen molar-refractivity contribution in [3.8, 4) is 0 Å². The molecular weight excluding hydrogens is 310 g/mol. The SMILES string of the molecule is COC1=C[C@]23CCCN2CCC2C=C4OCOC4(O)C=C2[C@@H]3[C@@H]1O. The topological polar surface area (TPSA) is 71.4 Å². The molecule has 5 aliphatic rings. The number of fused-ring (bicyclic) bond motifs is 3. The Morgan fingerprint density at radius 2 is 2.21 bits per heavy atom. The van der Waals surface area contributed by atoms with E-state index < -0.39 is 11.9 Å². The lowest BCUT2D eigenvalue weighted by Crippen LogP contribution is -2.49. The molecule has 6 heteroatoms. The molecule has 3 fully saturated rings. The van der Waals surface area contributed by atoms with Gasteiger partial charge in [0.1, 0.15) is 11.9 Å². The molecule has 0 amide bonds. The average molecular weight is 333 g/mol. The van der Waals surface area contributed by atoms with Gasteiger partial charge in [-0.2, -0.15) is 0 Å². The van der Waals surface area contributed by atoms with E-state index >= 15 is 0 Å². The third-order valence-electron chi connectivity index (χ3n) is 6.43. The van der Waals surface area contributed by atoms with E-state index in [1.54, 1.807) is 13.2 Å². The van der Waals surface area contributed by atoms with Gasteiger partial charge in [-0.1, -0.05) is 5.57 Å². The fourth-order valence-corrected chi connectivity index (χ4v) is 5.38. The maximum absolute atomic E-state index is 11.0. The van der Waals surface area contributed by atoms with Crippen LogP contribution in [0.25, 0.3) is 0 Å². The second-order valence-corrected chi connectivity index (χ2v) is 7.43. The van der Waals surface area contributed by atoms with Crippen LogP contribution in [0.4, 0.5) is 0 Å². The molecule has 3 saturated heterocycles. The second kappa shape index (κ2) is 4.85. The molecule has 2 N–H and O–H groups in total. The van der Waals surface area contributed by atoms with Crippen LogP contribution in [0.2, 0.25) is 0 Å². The van der Waals surface area contributed by atoms with Crippen LogP contribution in [-0.2, 0) is 14.2 Å². The summed E-state index contributed by atoms with van der Waals surface area (Å²) in [6, 6.07) is 0. The Bertz CT molecular complexity index is 670. The lowest BCUT2D eigenvalue weighted by Gasteiger charge is -2.40. The minimum Gasteiger partial charge on any atom is -0.499 e. The Hall–Kier alpha value is -1.34. The maximum Gasteiger partial charge on any atom is 0.248 e. The van der Waals surface area contributed by atoms with Crippen LogP contribution >= 0.6 is 0 Å². The van der Waals surface area contributed by atoms with E-state index in [0.717, 1.165) is 37.9 Å². The summed E-state index contributed by atoms with van der Waals surface area (Å²) in [4.78, 5) is 2.48. The van der Waals surface area contributed by atoms with Crippen LogP contribution in [0, 0.1) is 11.8 Å². The first-order chi connectivity index (χ1) is 11.6. The van der Waals surface area contributed by atoms with Gasteiger partial charge in [-0.25, -0.2) is 0 Å². The Kier molecular flexibility index (Phi) is 3.02. The molecule has 24 heavy (non-hydrogen) atoms. The van der Waals surface area contributed by atoms with Crippen molar-refractivity contribution in [3.63, 3.8) is 0 Å². The fraction of sp³-hybridized carbons (Fsp3) is 0.667. The van der Waals surface area contributed by atoms with Gasteiger partial charge < -0.3 is 24.4 Å². The summed E-state index contributed by atoms with van der Waals surface area (Å²) in [5.41, 5.74) is 0.832. The summed E-state index contributed by atoms with van der Waals surface area (Å²) in [6.45, 7) is 2.05. The van der Waals surface area contributed by atoms with Gasteiger partial charge in [0.25, 0.3) is 0 Å². The predicted molar refractivity (Wildman–Crippen MR) is 84.4 cm³/mol. The highest BCUT2D eigenvalue weighted by atomic mass is 16.8. The van der Waals surface area contributed by atoms with Crippen molar-refractivity contribution >= 4 is 0 Å². The number of hydrogen-bond donors (Lipinski definition) is 2. The van der Waals surface area contributed by atoms with Crippen LogP contribution < -0.4 is 0 Å². The first-order valence-corrected chi connectivity index (χ1v) is 8.71. The summed E-state index contributed by atoms with van der Waals surface area (Å²) in [5.74, 6) is -0.336. The van der Waals surface area contributed by atoms with Gasteiger partial charge in [-0.05, 0) is 50.6 Å². The van der Waals surface area contributed by atoms with E-state index in [-0.39, 0.29) is 24.2 Å². The number of nitrogens with zero attached hydrogens (tertiary/aromatic N) is 1. The van der Waals surface area contributed by atoms with Gasteiger partial charge in [0.05, 0.1) is 12.6 Å². The van der Waals surface area contributed by atoms with E-state index in [0.29, 0.717) is 11.5 Å². The molecule has 0 aromatic rings. The lowest BCUT2D eigenvalue weighted by molar-refractivity contribution is -0.117. The predicted octanol–water partition coefficient (Wildman–Crippen LogP) is 0.879. The van der Waals surface area contributed by atoms with E-state index in [1.807, 2.05) is 6.08 Å². The van der Waals surface area contributed by atoms with E-state index in [4.69, 9.17) is 14.2 Å². The highest BCUT2D eigenvalue weighted by Crippen LogP contribution is 2.55. The van der Waals surface area contributed by atoms with Crippen molar-refractivity contribution in [2.24, 2.45) is 11.8 Å². The Labute approximate surface area is 141 Å². The second-order valence-electron chi connectivity index (χ2n) is 7.43. The molecular formula is C18H23NO5. The molecule has 5 atom stereocenters. The van der Waals surface area contributed by atoms with Gasteiger partial charge in [0.2, 0.25) is 5.79 Å². The van der Waals surface area contributed by atoms with Gasteiger partial charge in [0.15, 0.2) is 12.6 Å². The van der Waals surface area contributed by atoms with Crippen molar-refractivity contribution in [1.82, 2.24) is 4.90 Å². The summed E-state index contributed by atoms with van der Waals surface area (Å²) < 4.78 is 16.4. The van der Waals surface area contributed by atoms with E-state index in [1.165, 1.54) is 0 Å². The summed E-state index contributed by atoms with van der Waals surface area (Å²) in [6.07, 6.45) is 8.25. The number of aliphatic hydroxyl groups is 2. The molecule has 0 bridgehead atoms. The van der Waals surface area contributed by atoms with Crippen molar-refractivity contribution in [2.75, 3.05) is 27.0 Å². The van der Waals surface area contributed by atoms with Crippen molar-refractivity contribution in [2.45, 2.75) is 36.7 Å². The Morgan fingerprint density at radius 3 is 3.04 bits per heavy atom. The minimum absolute atomic E-state index is 0.0604. The van der Waals surface area contributed by atoms with Gasteiger partial charge in [0, 0.05) is 11.8 Å². The van der Waals surface area contributed by atoms with E-state index in [2.05, 4.69) is 11.0 Å². The summed E-state index contributed by atoms with van der Waals surface area (Å²) in [5, 5.41) is 21.8. The molecule has 3 aliphatic heterocycles. The normalized spacial score (nSPS) is 46.6. The molecule has 0 aromatic heterocycles. The highest BCUT2D eigenvalue weighted by Gasteiger charge is 2.59. The number of rotatable bonds is 1. The van der Waals surface area contributed by atoms with Crippen LogP contribution in [0.15, 0.2) is 35.3 Å². The monoisotopic (exact) mass is 333 g/mol. The number of hydrogen-bond acceptors (Lipinski definition) is 6. The van der Waals surface area contributed by atoms with Gasteiger partial charge >= 0.3 is 0 Å². The average Bonchev–Trinajstić information content (AvgIpc) is 3.19. The largest absolute Gasteiger partial charge is 0.499 e. The zero-order valence-electron chi connectivity index (χ0n) is 13.8. The van der Waals surface area contributed by atoms with Crippen LogP contribution in [0.1, 0.15) is 19.3 Å². The van der Waals surface area contributed by atoms with Crippen molar-refractivity contribution < 1.29 is 24.4 Å². The molecule has 6 nitrogen and oxygen atoms in total. The number of ether oxygens (including phenoxy) is 3. The molecule has 1 spiro atoms. The van der Waals surface area contributed by atoms with Gasteiger partial charge in [-0.3, -0.25) is 4.90 Å². The fourth-order valence-electron chi connectivity index (χ4n) is 5.38. The lowest BCUT2D eigenvalue weighted by atomic mass is 9.72. The smallest absolute Gasteiger partial charge is 0.248 e. The minimum atomic E-state index is -1.49. The Balaban J connectivity index is 1.65. The van der Waals surface area contributed by atoms with Crippen LogP contribution in [0.3, 0.4) is 0 Å². The molecule has 0 aromatic carbocycles. The molecule has 0 radical (unpaired) electrons. The molecule has 3 heterocycles. The third-order valence-corrected chi connectivity index (χ3v) is 6.43. The first-order valence-electron chi connectivity index (χ1n) is 8.71. The highest BCUT2D eigenvalue weighted by molar-refractivity contribution is 5.43. The zero-order valence-corrected chi connectivity index (χ0v) is 13.8. The van der Waals surface area contributed by atoms with Crippen molar-refractivity contribution in [1.29, 1.82) is 0 Å². The standard InChI is InChI=1S/C18H23NO5/c1-22-13-9-17-4-2-5-19(17)6-3-11-7-14-18(21,24-10-23-14)8-12(11)15(17)16(13)20/h7-9,11,15-16,20-21H,2-6,10H2,1H3/t11?,15-,16-,17+,18?/m1/s1. The zero-order chi connectivity index (χ0) is 16.5. The Morgan fingerprint density at radius 1 is 1.33 bits per heavy atom.